The van der Waals surface area contributed by atoms with E-state index in [2.05, 4.69) is 11.9 Å². The summed E-state index contributed by atoms with van der Waals surface area (Å²) in [4.78, 5) is 15.6. The number of ether oxygens (including phenoxy) is 1. The van der Waals surface area contributed by atoms with Gasteiger partial charge in [-0.05, 0) is 12.5 Å². The lowest BCUT2D eigenvalue weighted by molar-refractivity contribution is -0.0456. The predicted molar refractivity (Wildman–Crippen MR) is 84.0 cm³/mol. The molecular formula is C12H19N3O4S2. The van der Waals surface area contributed by atoms with Gasteiger partial charge in [0.25, 0.3) is 0 Å². The molecule has 4 atom stereocenters. The van der Waals surface area contributed by atoms with Crippen molar-refractivity contribution in [3.8, 4) is 0 Å². The maximum Gasteiger partial charge on any atom is 0.351 e. The molecule has 0 aliphatic carbocycles. The Labute approximate surface area is 130 Å². The van der Waals surface area contributed by atoms with Gasteiger partial charge in [-0.25, -0.2) is 4.79 Å². The molecule has 1 aromatic heterocycles. The lowest BCUT2D eigenvalue weighted by Gasteiger charge is -2.20. The van der Waals surface area contributed by atoms with Crippen LogP contribution in [0.5, 0.6) is 0 Å². The maximum absolute atomic E-state index is 11.9. The minimum Gasteiger partial charge on any atom is -0.394 e. The molecule has 0 aromatic carbocycles. The van der Waals surface area contributed by atoms with Crippen LogP contribution >= 0.6 is 21.6 Å². The number of nitrogen functional groups attached to an aromatic ring is 1. The first-order valence-corrected chi connectivity index (χ1v) is 9.04. The summed E-state index contributed by atoms with van der Waals surface area (Å²) < 4.78 is 6.93. The van der Waals surface area contributed by atoms with Crippen LogP contribution < -0.4 is 11.4 Å². The number of hydrogen-bond donors (Lipinski definition) is 3. The molecule has 0 bridgehead atoms. The van der Waals surface area contributed by atoms with E-state index in [9.17, 15) is 15.0 Å². The van der Waals surface area contributed by atoms with Crippen LogP contribution in [0.2, 0.25) is 0 Å². The van der Waals surface area contributed by atoms with Gasteiger partial charge >= 0.3 is 5.69 Å². The van der Waals surface area contributed by atoms with Gasteiger partial charge in [0.1, 0.15) is 11.9 Å². The SMILES string of the molecule is CCCSS[C@H]1C(O)[C@@H](CO)O[C@H]1n1ccc(N)nc1=O. The Morgan fingerprint density at radius 2 is 2.33 bits per heavy atom. The average Bonchev–Trinajstić information content (AvgIpc) is 2.76. The Morgan fingerprint density at radius 1 is 1.57 bits per heavy atom. The van der Waals surface area contributed by atoms with E-state index in [0.717, 1.165) is 12.2 Å². The van der Waals surface area contributed by atoms with E-state index in [0.29, 0.717) is 0 Å². The summed E-state index contributed by atoms with van der Waals surface area (Å²) in [6.45, 7) is 1.77. The molecule has 1 aromatic rings. The van der Waals surface area contributed by atoms with Gasteiger partial charge in [0, 0.05) is 11.9 Å². The third kappa shape index (κ3) is 3.72. The van der Waals surface area contributed by atoms with Crippen LogP contribution in [0.4, 0.5) is 5.82 Å². The molecule has 21 heavy (non-hydrogen) atoms. The van der Waals surface area contributed by atoms with Gasteiger partial charge in [-0.3, -0.25) is 4.57 Å². The highest BCUT2D eigenvalue weighted by molar-refractivity contribution is 8.77. The maximum atomic E-state index is 11.9. The van der Waals surface area contributed by atoms with Crippen molar-refractivity contribution in [3.63, 3.8) is 0 Å². The summed E-state index contributed by atoms with van der Waals surface area (Å²) in [7, 11) is 3.07. The number of rotatable bonds is 6. The van der Waals surface area contributed by atoms with Crippen LogP contribution in [-0.2, 0) is 4.74 Å². The summed E-state index contributed by atoms with van der Waals surface area (Å²) in [5.41, 5.74) is 4.95. The first kappa shape index (κ1) is 16.6. The van der Waals surface area contributed by atoms with E-state index in [1.165, 1.54) is 27.6 Å². The van der Waals surface area contributed by atoms with Crippen molar-refractivity contribution in [2.75, 3.05) is 18.1 Å². The van der Waals surface area contributed by atoms with E-state index in [1.807, 2.05) is 0 Å². The summed E-state index contributed by atoms with van der Waals surface area (Å²) in [5, 5.41) is 19.2. The van der Waals surface area contributed by atoms with Crippen molar-refractivity contribution in [1.29, 1.82) is 0 Å². The first-order valence-electron chi connectivity index (χ1n) is 6.65. The van der Waals surface area contributed by atoms with E-state index in [-0.39, 0.29) is 17.7 Å². The normalized spacial score (nSPS) is 28.9. The minimum absolute atomic E-state index is 0.137. The second-order valence-electron chi connectivity index (χ2n) is 4.66. The quantitative estimate of drug-likeness (QED) is 0.501. The fraction of sp³-hybridized carbons (Fsp3) is 0.667. The molecule has 1 aliphatic rings. The van der Waals surface area contributed by atoms with Gasteiger partial charge in [-0.1, -0.05) is 28.5 Å². The van der Waals surface area contributed by atoms with Gasteiger partial charge in [0.15, 0.2) is 6.23 Å². The van der Waals surface area contributed by atoms with Crippen LogP contribution in [0.15, 0.2) is 17.1 Å². The van der Waals surface area contributed by atoms with Crippen LogP contribution in [0.1, 0.15) is 19.6 Å². The number of hydrogen-bond acceptors (Lipinski definition) is 8. The van der Waals surface area contributed by atoms with Gasteiger partial charge in [0.05, 0.1) is 18.0 Å². The molecule has 1 fully saturated rings. The zero-order valence-electron chi connectivity index (χ0n) is 11.6. The summed E-state index contributed by atoms with van der Waals surface area (Å²) in [5.74, 6) is 1.07. The number of nitrogens with zero attached hydrogens (tertiary/aromatic N) is 2. The molecule has 2 rings (SSSR count). The van der Waals surface area contributed by atoms with Crippen molar-refractivity contribution in [2.45, 2.75) is 37.0 Å². The van der Waals surface area contributed by atoms with Gasteiger partial charge < -0.3 is 20.7 Å². The summed E-state index contributed by atoms with van der Waals surface area (Å²) >= 11 is 0. The Hall–Kier alpha value is -0.740. The number of aliphatic hydroxyl groups is 2. The highest BCUT2D eigenvalue weighted by Crippen LogP contribution is 2.42. The Kier molecular flexibility index (Phi) is 5.94. The first-order chi connectivity index (χ1) is 10.1. The third-order valence-electron chi connectivity index (χ3n) is 3.09. The highest BCUT2D eigenvalue weighted by Gasteiger charge is 2.45. The van der Waals surface area contributed by atoms with E-state index in [1.54, 1.807) is 10.8 Å². The third-order valence-corrected chi connectivity index (χ3v) is 6.10. The zero-order chi connectivity index (χ0) is 15.4. The second-order valence-corrected chi connectivity index (χ2v) is 7.33. The van der Waals surface area contributed by atoms with Gasteiger partial charge in [-0.15, -0.1) is 0 Å². The number of aromatic nitrogens is 2. The molecule has 118 valence electrons. The smallest absolute Gasteiger partial charge is 0.351 e. The molecule has 7 nitrogen and oxygen atoms in total. The largest absolute Gasteiger partial charge is 0.394 e. The number of aliphatic hydroxyl groups excluding tert-OH is 2. The minimum atomic E-state index is -0.848. The molecule has 4 N–H and O–H groups in total. The average molecular weight is 333 g/mol. The molecule has 9 heteroatoms. The molecule has 0 radical (unpaired) electrons. The van der Waals surface area contributed by atoms with Crippen molar-refractivity contribution in [2.24, 2.45) is 0 Å². The molecule has 0 spiro atoms. The van der Waals surface area contributed by atoms with Crippen LogP contribution in [0.25, 0.3) is 0 Å². The van der Waals surface area contributed by atoms with Crippen molar-refractivity contribution in [1.82, 2.24) is 9.55 Å². The Bertz CT molecular complexity index is 527. The standard InChI is InChI=1S/C12H19N3O4S2/c1-2-5-20-21-10-9(17)7(6-16)19-11(10)15-4-3-8(13)14-12(15)18/h3-4,7,9-11,16-17H,2,5-6H2,1H3,(H2,13,14,18)/t7-,9?,10+,11-/m1/s1. The Balaban J connectivity index is 2.23. The molecule has 2 heterocycles. The molecule has 0 amide bonds. The van der Waals surface area contributed by atoms with Gasteiger partial charge in [-0.2, -0.15) is 4.98 Å². The van der Waals surface area contributed by atoms with Crippen LogP contribution in [0.3, 0.4) is 0 Å². The number of anilines is 1. The van der Waals surface area contributed by atoms with Gasteiger partial charge in [0.2, 0.25) is 0 Å². The Morgan fingerprint density at radius 3 is 2.95 bits per heavy atom. The van der Waals surface area contributed by atoms with E-state index >= 15 is 0 Å². The lowest BCUT2D eigenvalue weighted by atomic mass is 10.2. The topological polar surface area (TPSA) is 111 Å². The van der Waals surface area contributed by atoms with Crippen molar-refractivity contribution in [3.05, 3.63) is 22.7 Å². The molecule has 1 aliphatic heterocycles. The molecule has 1 saturated heterocycles. The van der Waals surface area contributed by atoms with Crippen molar-refractivity contribution < 1.29 is 14.9 Å². The molecule has 0 saturated carbocycles. The highest BCUT2D eigenvalue weighted by atomic mass is 33.1. The monoisotopic (exact) mass is 333 g/mol. The fourth-order valence-corrected chi connectivity index (χ4v) is 4.91. The summed E-state index contributed by atoms with van der Waals surface area (Å²) in [6, 6.07) is 1.50. The van der Waals surface area contributed by atoms with Crippen LogP contribution in [-0.4, -0.2) is 49.6 Å². The second kappa shape index (κ2) is 7.50. The zero-order valence-corrected chi connectivity index (χ0v) is 13.2. The van der Waals surface area contributed by atoms with Crippen molar-refractivity contribution >= 4 is 27.4 Å². The van der Waals surface area contributed by atoms with E-state index < -0.39 is 24.1 Å². The van der Waals surface area contributed by atoms with Crippen LogP contribution in [0, 0.1) is 0 Å². The lowest BCUT2D eigenvalue weighted by Crippen LogP contribution is -2.34. The number of nitrogens with two attached hydrogens (primary N) is 1. The predicted octanol–water partition coefficient (Wildman–Crippen LogP) is 0.236. The molecule has 1 unspecified atom stereocenters. The molecular weight excluding hydrogens is 314 g/mol. The van der Waals surface area contributed by atoms with E-state index in [4.69, 9.17) is 10.5 Å². The summed E-state index contributed by atoms with van der Waals surface area (Å²) in [6.07, 6.45) is 0.281. The fourth-order valence-electron chi connectivity index (χ4n) is 2.03.